The van der Waals surface area contributed by atoms with Crippen molar-refractivity contribution >= 4 is 17.7 Å². The Labute approximate surface area is 230 Å². The largest absolute Gasteiger partial charge is 0.494 e. The first-order valence-corrected chi connectivity index (χ1v) is 13.5. The third-order valence-electron chi connectivity index (χ3n) is 7.02. The molecule has 0 saturated carbocycles. The molecule has 1 aromatic heterocycles. The normalized spacial score (nSPS) is 14.3. The Bertz CT molecular complexity index is 1150. The SMILES string of the molecule is COC(=O)C(Cc1ccc(OCCCC2CCN(c3ccncc3)CC2)cc1)NC(=O)OCc1ccccc1. The maximum absolute atomic E-state index is 12.3. The molecule has 3 aromatic rings. The number of esters is 1. The molecule has 1 fully saturated rings. The first-order chi connectivity index (χ1) is 19.1. The Hall–Kier alpha value is -4.07. The number of amides is 1. The van der Waals surface area contributed by atoms with Crippen molar-refractivity contribution in [3.8, 4) is 5.75 Å². The van der Waals surface area contributed by atoms with E-state index < -0.39 is 18.1 Å². The molecule has 39 heavy (non-hydrogen) atoms. The minimum atomic E-state index is -0.852. The summed E-state index contributed by atoms with van der Waals surface area (Å²) in [5, 5.41) is 2.61. The summed E-state index contributed by atoms with van der Waals surface area (Å²) in [4.78, 5) is 31.1. The van der Waals surface area contributed by atoms with Crippen LogP contribution in [0.15, 0.2) is 79.1 Å². The third-order valence-corrected chi connectivity index (χ3v) is 7.02. The number of anilines is 1. The lowest BCUT2D eigenvalue weighted by atomic mass is 9.92. The zero-order valence-corrected chi connectivity index (χ0v) is 22.5. The molecular formula is C31H37N3O5. The van der Waals surface area contributed by atoms with Crippen molar-refractivity contribution < 1.29 is 23.8 Å². The number of pyridine rings is 1. The number of carbonyl (C=O) groups is 2. The number of alkyl carbamates (subject to hydrolysis) is 1. The molecule has 0 spiro atoms. The van der Waals surface area contributed by atoms with Crippen LogP contribution < -0.4 is 15.0 Å². The van der Waals surface area contributed by atoms with Gasteiger partial charge in [-0.05, 0) is 67.0 Å². The number of ether oxygens (including phenoxy) is 3. The highest BCUT2D eigenvalue weighted by Crippen LogP contribution is 2.26. The standard InChI is InChI=1S/C31H37N3O5/c1-37-30(35)29(33-31(36)39-23-26-6-3-2-4-7-26)22-25-9-11-28(12-10-25)38-21-5-8-24-15-19-34(20-16-24)27-13-17-32-18-14-27/h2-4,6-7,9-14,17-18,24,29H,5,8,15-16,19-23H2,1H3,(H,33,36). The van der Waals surface area contributed by atoms with E-state index in [1.807, 2.05) is 67.0 Å². The topological polar surface area (TPSA) is 90.0 Å². The van der Waals surface area contributed by atoms with E-state index >= 15 is 0 Å². The van der Waals surface area contributed by atoms with Crippen molar-refractivity contribution in [1.29, 1.82) is 0 Å². The molecule has 0 bridgehead atoms. The molecular weight excluding hydrogens is 494 g/mol. The number of piperidine rings is 1. The fraction of sp³-hybridized carbons (Fsp3) is 0.387. The van der Waals surface area contributed by atoms with E-state index in [0.29, 0.717) is 6.61 Å². The highest BCUT2D eigenvalue weighted by Gasteiger charge is 2.23. The van der Waals surface area contributed by atoms with Gasteiger partial charge in [-0.2, -0.15) is 0 Å². The zero-order chi connectivity index (χ0) is 27.3. The fourth-order valence-electron chi connectivity index (χ4n) is 4.80. The number of hydrogen-bond donors (Lipinski definition) is 1. The van der Waals surface area contributed by atoms with Crippen molar-refractivity contribution in [3.05, 3.63) is 90.3 Å². The van der Waals surface area contributed by atoms with E-state index in [2.05, 4.69) is 27.3 Å². The molecule has 1 N–H and O–H groups in total. The number of carbonyl (C=O) groups excluding carboxylic acids is 2. The van der Waals surface area contributed by atoms with Crippen molar-refractivity contribution in [1.82, 2.24) is 10.3 Å². The molecule has 2 aromatic carbocycles. The van der Waals surface area contributed by atoms with Crippen molar-refractivity contribution in [2.75, 3.05) is 31.7 Å². The van der Waals surface area contributed by atoms with E-state index in [1.165, 1.54) is 25.6 Å². The minimum Gasteiger partial charge on any atom is -0.494 e. The molecule has 2 heterocycles. The highest BCUT2D eigenvalue weighted by atomic mass is 16.6. The maximum atomic E-state index is 12.3. The summed E-state index contributed by atoms with van der Waals surface area (Å²) in [5.74, 6) is 0.992. The molecule has 1 atom stereocenters. The van der Waals surface area contributed by atoms with Crippen LogP contribution in [0.4, 0.5) is 10.5 Å². The molecule has 0 radical (unpaired) electrons. The third kappa shape index (κ3) is 9.02. The van der Waals surface area contributed by atoms with Crippen LogP contribution in [0.25, 0.3) is 0 Å². The van der Waals surface area contributed by atoms with Gasteiger partial charge in [0, 0.05) is 37.6 Å². The van der Waals surface area contributed by atoms with Crippen molar-refractivity contribution in [2.45, 2.75) is 44.8 Å². The van der Waals surface area contributed by atoms with E-state index in [4.69, 9.17) is 14.2 Å². The quantitative estimate of drug-likeness (QED) is 0.255. The van der Waals surface area contributed by atoms with Gasteiger partial charge in [0.2, 0.25) is 0 Å². The molecule has 4 rings (SSSR count). The minimum absolute atomic E-state index is 0.122. The Morgan fingerprint density at radius 2 is 1.69 bits per heavy atom. The van der Waals surface area contributed by atoms with Gasteiger partial charge >= 0.3 is 12.1 Å². The molecule has 0 aliphatic carbocycles. The Morgan fingerprint density at radius 1 is 0.974 bits per heavy atom. The van der Waals surface area contributed by atoms with Crippen molar-refractivity contribution in [2.24, 2.45) is 5.92 Å². The summed E-state index contributed by atoms with van der Waals surface area (Å²) in [6.45, 7) is 2.97. The number of rotatable bonds is 12. The molecule has 206 valence electrons. The summed E-state index contributed by atoms with van der Waals surface area (Å²) in [7, 11) is 1.30. The smallest absolute Gasteiger partial charge is 0.408 e. The molecule has 1 amide bonds. The van der Waals surface area contributed by atoms with E-state index in [1.54, 1.807) is 0 Å². The lowest BCUT2D eigenvalue weighted by Gasteiger charge is -2.33. The van der Waals surface area contributed by atoms with Crippen LogP contribution in [-0.4, -0.2) is 49.9 Å². The van der Waals surface area contributed by atoms with Crippen LogP contribution in [0.3, 0.4) is 0 Å². The first kappa shape index (κ1) is 28.0. The van der Waals surface area contributed by atoms with Crippen LogP contribution >= 0.6 is 0 Å². The molecule has 1 saturated heterocycles. The molecule has 1 aliphatic heterocycles. The summed E-state index contributed by atoms with van der Waals surface area (Å²) in [6.07, 6.45) is 7.89. The van der Waals surface area contributed by atoms with Gasteiger partial charge in [-0.15, -0.1) is 0 Å². The van der Waals surface area contributed by atoms with Gasteiger partial charge in [0.05, 0.1) is 13.7 Å². The lowest BCUT2D eigenvalue weighted by Crippen LogP contribution is -2.43. The summed E-state index contributed by atoms with van der Waals surface area (Å²) in [5.41, 5.74) is 3.00. The van der Waals surface area contributed by atoms with Gasteiger partial charge in [0.1, 0.15) is 18.4 Å². The number of nitrogens with one attached hydrogen (secondary N) is 1. The average molecular weight is 532 g/mol. The van der Waals surface area contributed by atoms with Crippen LogP contribution in [-0.2, 0) is 27.3 Å². The van der Waals surface area contributed by atoms with E-state index in [9.17, 15) is 9.59 Å². The Morgan fingerprint density at radius 3 is 2.38 bits per heavy atom. The molecule has 8 heteroatoms. The monoisotopic (exact) mass is 531 g/mol. The van der Waals surface area contributed by atoms with Gasteiger partial charge in [0.25, 0.3) is 0 Å². The number of methoxy groups -OCH3 is 1. The molecule has 1 aliphatic rings. The Kier molecular flexibility index (Phi) is 10.6. The van der Waals surface area contributed by atoms with E-state index in [0.717, 1.165) is 48.7 Å². The second-order valence-corrected chi connectivity index (χ2v) is 9.76. The van der Waals surface area contributed by atoms with Crippen LogP contribution in [0.5, 0.6) is 5.75 Å². The zero-order valence-electron chi connectivity index (χ0n) is 22.5. The fourth-order valence-corrected chi connectivity index (χ4v) is 4.80. The summed E-state index contributed by atoms with van der Waals surface area (Å²) in [6, 6.07) is 20.2. The number of aromatic nitrogens is 1. The lowest BCUT2D eigenvalue weighted by molar-refractivity contribution is -0.143. The predicted octanol–water partition coefficient (Wildman–Crippen LogP) is 5.17. The number of benzene rings is 2. The second-order valence-electron chi connectivity index (χ2n) is 9.76. The van der Waals surface area contributed by atoms with Gasteiger partial charge in [-0.3, -0.25) is 4.98 Å². The van der Waals surface area contributed by atoms with Gasteiger partial charge in [-0.25, -0.2) is 9.59 Å². The summed E-state index contributed by atoms with van der Waals surface area (Å²) >= 11 is 0. The maximum Gasteiger partial charge on any atom is 0.408 e. The predicted molar refractivity (Wildman–Crippen MR) is 150 cm³/mol. The van der Waals surface area contributed by atoms with Gasteiger partial charge in [-0.1, -0.05) is 42.5 Å². The van der Waals surface area contributed by atoms with Crippen LogP contribution in [0, 0.1) is 5.92 Å². The molecule has 8 nitrogen and oxygen atoms in total. The molecule has 1 unspecified atom stereocenters. The number of hydrogen-bond acceptors (Lipinski definition) is 7. The highest BCUT2D eigenvalue weighted by molar-refractivity contribution is 5.81. The van der Waals surface area contributed by atoms with Crippen molar-refractivity contribution in [3.63, 3.8) is 0 Å². The van der Waals surface area contributed by atoms with Gasteiger partial charge < -0.3 is 24.4 Å². The van der Waals surface area contributed by atoms with E-state index in [-0.39, 0.29) is 13.0 Å². The van der Waals surface area contributed by atoms with Crippen LogP contribution in [0.1, 0.15) is 36.8 Å². The average Bonchev–Trinajstić information content (AvgIpc) is 2.99. The second kappa shape index (κ2) is 14.8. The number of nitrogens with zero attached hydrogens (tertiary/aromatic N) is 2. The Balaban J connectivity index is 1.16. The first-order valence-electron chi connectivity index (χ1n) is 13.5. The van der Waals surface area contributed by atoms with Crippen LogP contribution in [0.2, 0.25) is 0 Å². The van der Waals surface area contributed by atoms with Gasteiger partial charge in [0.15, 0.2) is 0 Å². The summed E-state index contributed by atoms with van der Waals surface area (Å²) < 4.78 is 16.1.